The van der Waals surface area contributed by atoms with Crippen molar-refractivity contribution < 1.29 is 27.0 Å². The van der Waals surface area contributed by atoms with Crippen LogP contribution in [0.25, 0.3) is 0 Å². The molecule has 0 amide bonds. The quantitative estimate of drug-likeness (QED) is 0.269. The maximum absolute atomic E-state index is 15.9. The Balaban J connectivity index is 1.24. The van der Waals surface area contributed by atoms with Gasteiger partial charge in [0.1, 0.15) is 29.7 Å². The number of benzene rings is 3. The topological polar surface area (TPSA) is 33.7 Å². The maximum atomic E-state index is 15.9. The standard InChI is InChI=1S/C35H40F4N2O2/c36-30-19-28(43-27-8-4-12-35(21-27)13-5-15-40-16-14-35)20-31(37)33(30)34-29-10-9-26(42-23-24-6-2-1-3-7-24)18-25(29)11-17-41(34)22-32(38)39/h1-3,6-7,9-10,18-20,27,32,34,40H,4-5,8,11-17,21-23H2. The van der Waals surface area contributed by atoms with Crippen LogP contribution in [0.3, 0.4) is 0 Å². The lowest BCUT2D eigenvalue weighted by Crippen LogP contribution is -2.40. The molecular formula is C35H40F4N2O2. The molecule has 1 aliphatic carbocycles. The van der Waals surface area contributed by atoms with Crippen molar-refractivity contribution in [1.29, 1.82) is 0 Å². The molecule has 0 radical (unpaired) electrons. The number of nitrogens with zero attached hydrogens (tertiary/aromatic N) is 1. The molecule has 1 saturated carbocycles. The zero-order valence-electron chi connectivity index (χ0n) is 24.5. The minimum atomic E-state index is -2.64. The molecule has 0 aromatic heterocycles. The SMILES string of the molecule is Fc1cc(OC2CCCC3(CCCNCC3)C2)cc(F)c1C1c2ccc(OCc3ccccc3)cc2CCN1CC(F)F. The Labute approximate surface area is 251 Å². The molecule has 3 aliphatic rings. The summed E-state index contributed by atoms with van der Waals surface area (Å²) in [6.45, 7) is 2.07. The van der Waals surface area contributed by atoms with Crippen LogP contribution in [0.2, 0.25) is 0 Å². The van der Waals surface area contributed by atoms with Crippen molar-refractivity contribution >= 4 is 0 Å². The second-order valence-electron chi connectivity index (χ2n) is 12.4. The molecule has 3 aromatic rings. The molecular weight excluding hydrogens is 556 g/mol. The fraction of sp³-hybridized carbons (Fsp3) is 0.486. The molecule has 8 heteroatoms. The number of alkyl halides is 2. The van der Waals surface area contributed by atoms with Gasteiger partial charge in [0.25, 0.3) is 6.43 Å². The Morgan fingerprint density at radius 1 is 0.907 bits per heavy atom. The summed E-state index contributed by atoms with van der Waals surface area (Å²) in [6, 6.07) is 16.6. The van der Waals surface area contributed by atoms with Crippen LogP contribution in [0.15, 0.2) is 60.7 Å². The maximum Gasteiger partial charge on any atom is 0.251 e. The van der Waals surface area contributed by atoms with Crippen molar-refractivity contribution in [3.05, 3.63) is 94.6 Å². The summed E-state index contributed by atoms with van der Waals surface area (Å²) in [4.78, 5) is 1.48. The van der Waals surface area contributed by atoms with E-state index in [0.717, 1.165) is 69.2 Å². The highest BCUT2D eigenvalue weighted by molar-refractivity contribution is 5.46. The number of fused-ring (bicyclic) bond motifs is 1. The van der Waals surface area contributed by atoms with E-state index < -0.39 is 30.6 Å². The average Bonchev–Trinajstić information content (AvgIpc) is 3.22. The van der Waals surface area contributed by atoms with Crippen molar-refractivity contribution in [3.63, 3.8) is 0 Å². The van der Waals surface area contributed by atoms with Crippen LogP contribution in [0.1, 0.15) is 73.2 Å². The van der Waals surface area contributed by atoms with Gasteiger partial charge in [-0.15, -0.1) is 0 Å². The van der Waals surface area contributed by atoms with Crippen LogP contribution >= 0.6 is 0 Å². The molecule has 4 nitrogen and oxygen atoms in total. The van der Waals surface area contributed by atoms with Crippen LogP contribution in [0, 0.1) is 17.0 Å². The Bertz CT molecular complexity index is 1350. The van der Waals surface area contributed by atoms with Gasteiger partial charge in [-0.1, -0.05) is 36.4 Å². The Morgan fingerprint density at radius 2 is 1.70 bits per heavy atom. The summed E-state index contributed by atoms with van der Waals surface area (Å²) >= 11 is 0. The first-order chi connectivity index (χ1) is 20.9. The number of ether oxygens (including phenoxy) is 2. The normalized spacial score (nSPS) is 24.5. The first-order valence-electron chi connectivity index (χ1n) is 15.6. The fourth-order valence-corrected chi connectivity index (χ4v) is 7.42. The van der Waals surface area contributed by atoms with Crippen LogP contribution in [-0.4, -0.2) is 43.6 Å². The smallest absolute Gasteiger partial charge is 0.251 e. The van der Waals surface area contributed by atoms with E-state index in [-0.39, 0.29) is 29.4 Å². The van der Waals surface area contributed by atoms with Crippen LogP contribution in [0.5, 0.6) is 11.5 Å². The molecule has 43 heavy (non-hydrogen) atoms. The van der Waals surface area contributed by atoms with Crippen LogP contribution in [0.4, 0.5) is 17.6 Å². The summed E-state index contributed by atoms with van der Waals surface area (Å²) in [5.41, 5.74) is 2.46. The van der Waals surface area contributed by atoms with Crippen molar-refractivity contribution in [2.75, 3.05) is 26.2 Å². The van der Waals surface area contributed by atoms with E-state index in [1.807, 2.05) is 36.4 Å². The van der Waals surface area contributed by atoms with Gasteiger partial charge in [0.15, 0.2) is 0 Å². The van der Waals surface area contributed by atoms with Gasteiger partial charge in [-0.25, -0.2) is 17.6 Å². The van der Waals surface area contributed by atoms with E-state index in [0.29, 0.717) is 24.3 Å². The minimum absolute atomic E-state index is 0.100. The number of nitrogens with one attached hydrogen (secondary N) is 1. The predicted molar refractivity (Wildman–Crippen MR) is 159 cm³/mol. The van der Waals surface area contributed by atoms with Gasteiger partial charge in [0, 0.05) is 24.2 Å². The fourth-order valence-electron chi connectivity index (χ4n) is 7.42. The van der Waals surface area contributed by atoms with E-state index in [2.05, 4.69) is 5.32 Å². The Hall–Kier alpha value is -3.10. The second kappa shape index (κ2) is 13.3. The van der Waals surface area contributed by atoms with Gasteiger partial charge in [0.2, 0.25) is 0 Å². The molecule has 1 saturated heterocycles. The predicted octanol–water partition coefficient (Wildman–Crippen LogP) is 7.84. The molecule has 2 heterocycles. The highest BCUT2D eigenvalue weighted by Gasteiger charge is 2.38. The number of hydrogen-bond acceptors (Lipinski definition) is 4. The van der Waals surface area contributed by atoms with E-state index in [1.54, 1.807) is 12.1 Å². The molecule has 2 aliphatic heterocycles. The van der Waals surface area contributed by atoms with Crippen LogP contribution < -0.4 is 14.8 Å². The van der Waals surface area contributed by atoms with Crippen molar-refractivity contribution in [1.82, 2.24) is 10.2 Å². The molecule has 1 spiro atoms. The third-order valence-electron chi connectivity index (χ3n) is 9.48. The highest BCUT2D eigenvalue weighted by atomic mass is 19.3. The molecule has 2 fully saturated rings. The lowest BCUT2D eigenvalue weighted by molar-refractivity contribution is 0.0537. The lowest BCUT2D eigenvalue weighted by Gasteiger charge is -2.40. The van der Waals surface area contributed by atoms with Gasteiger partial charge in [-0.2, -0.15) is 0 Å². The van der Waals surface area contributed by atoms with Crippen molar-refractivity contribution in [3.8, 4) is 11.5 Å². The average molecular weight is 597 g/mol. The lowest BCUT2D eigenvalue weighted by atomic mass is 9.68. The number of hydrogen-bond donors (Lipinski definition) is 1. The molecule has 3 atom stereocenters. The summed E-state index contributed by atoms with van der Waals surface area (Å²) in [7, 11) is 0. The van der Waals surface area contributed by atoms with E-state index >= 15 is 8.78 Å². The van der Waals surface area contributed by atoms with Gasteiger partial charge < -0.3 is 14.8 Å². The molecule has 6 rings (SSSR count). The first-order valence-corrected chi connectivity index (χ1v) is 15.6. The highest BCUT2D eigenvalue weighted by Crippen LogP contribution is 2.45. The van der Waals surface area contributed by atoms with E-state index in [1.165, 1.54) is 17.0 Å². The number of rotatable bonds is 8. The first kappa shape index (κ1) is 29.9. The Morgan fingerprint density at radius 3 is 2.49 bits per heavy atom. The van der Waals surface area contributed by atoms with Gasteiger partial charge in [-0.05, 0) is 98.7 Å². The van der Waals surface area contributed by atoms with Crippen molar-refractivity contribution in [2.24, 2.45) is 5.41 Å². The van der Waals surface area contributed by atoms with Gasteiger partial charge in [-0.3, -0.25) is 4.90 Å². The largest absolute Gasteiger partial charge is 0.490 e. The van der Waals surface area contributed by atoms with E-state index in [9.17, 15) is 8.78 Å². The van der Waals surface area contributed by atoms with E-state index in [4.69, 9.17) is 9.47 Å². The molecule has 230 valence electrons. The molecule has 0 bridgehead atoms. The third kappa shape index (κ3) is 7.01. The minimum Gasteiger partial charge on any atom is -0.490 e. The zero-order chi connectivity index (χ0) is 29.8. The zero-order valence-corrected chi connectivity index (χ0v) is 24.5. The monoisotopic (exact) mass is 596 g/mol. The third-order valence-corrected chi connectivity index (χ3v) is 9.48. The molecule has 1 N–H and O–H groups in total. The van der Waals surface area contributed by atoms with Gasteiger partial charge >= 0.3 is 0 Å². The molecule has 3 unspecified atom stereocenters. The summed E-state index contributed by atoms with van der Waals surface area (Å²) < 4.78 is 71.2. The number of halogens is 4. The summed E-state index contributed by atoms with van der Waals surface area (Å²) in [6.07, 6.45) is 5.03. The summed E-state index contributed by atoms with van der Waals surface area (Å²) in [5.74, 6) is -0.766. The van der Waals surface area contributed by atoms with Crippen LogP contribution in [-0.2, 0) is 13.0 Å². The summed E-state index contributed by atoms with van der Waals surface area (Å²) in [5, 5.41) is 3.48. The van der Waals surface area contributed by atoms with Crippen molar-refractivity contribution in [2.45, 2.75) is 76.5 Å². The Kier molecular flexibility index (Phi) is 9.24. The molecule has 3 aromatic carbocycles. The van der Waals surface area contributed by atoms with Gasteiger partial charge in [0.05, 0.1) is 18.7 Å². The second-order valence-corrected chi connectivity index (χ2v) is 12.4.